The van der Waals surface area contributed by atoms with E-state index in [0.717, 1.165) is 36.0 Å². The summed E-state index contributed by atoms with van der Waals surface area (Å²) in [5.74, 6) is -0.345. The van der Waals surface area contributed by atoms with E-state index in [1.807, 2.05) is 55.1 Å². The molecule has 2 heterocycles. The van der Waals surface area contributed by atoms with Gasteiger partial charge >= 0.3 is 6.18 Å². The van der Waals surface area contributed by atoms with Crippen molar-refractivity contribution in [3.8, 4) is 11.1 Å². The fourth-order valence-electron chi connectivity index (χ4n) is 5.67. The van der Waals surface area contributed by atoms with Gasteiger partial charge in [0.15, 0.2) is 0 Å². The second-order valence-corrected chi connectivity index (χ2v) is 11.3. The third-order valence-corrected chi connectivity index (χ3v) is 7.91. The molecule has 3 aromatic carbocycles. The molecule has 1 aliphatic heterocycles. The van der Waals surface area contributed by atoms with Crippen LogP contribution in [0, 0.1) is 6.92 Å². The van der Waals surface area contributed by atoms with Gasteiger partial charge in [-0.2, -0.15) is 13.2 Å². The average molecular weight is 589 g/mol. The second-order valence-electron chi connectivity index (χ2n) is 11.3. The number of nitrogens with zero attached hydrogens (tertiary/aromatic N) is 4. The Balaban J connectivity index is 1.46. The summed E-state index contributed by atoms with van der Waals surface area (Å²) in [6, 6.07) is 21.6. The van der Waals surface area contributed by atoms with Crippen molar-refractivity contribution in [3.63, 3.8) is 0 Å². The number of carbonyl (C=O) groups excluding carboxylic acids is 2. The Bertz CT molecular complexity index is 1660. The molecule has 0 saturated heterocycles. The minimum atomic E-state index is -4.50. The predicted molar refractivity (Wildman–Crippen MR) is 162 cm³/mol. The fraction of sp³-hybridized carbons (Fsp3) is 0.294. The Morgan fingerprint density at radius 3 is 2.28 bits per heavy atom. The largest absolute Gasteiger partial charge is 0.417 e. The summed E-state index contributed by atoms with van der Waals surface area (Å²) in [7, 11) is 5.81. The van der Waals surface area contributed by atoms with Gasteiger partial charge in [0.25, 0.3) is 11.8 Å². The number of aromatic nitrogens is 1. The smallest absolute Gasteiger partial charge is 0.340 e. The van der Waals surface area contributed by atoms with E-state index < -0.39 is 11.7 Å². The molecular weight excluding hydrogens is 553 g/mol. The van der Waals surface area contributed by atoms with Crippen molar-refractivity contribution >= 4 is 17.5 Å². The van der Waals surface area contributed by atoms with E-state index in [1.54, 1.807) is 48.0 Å². The highest BCUT2D eigenvalue weighted by molar-refractivity contribution is 6.07. The van der Waals surface area contributed by atoms with Crippen molar-refractivity contribution in [3.05, 3.63) is 113 Å². The van der Waals surface area contributed by atoms with Crippen LogP contribution in [-0.2, 0) is 19.3 Å². The quantitative estimate of drug-likeness (QED) is 0.241. The van der Waals surface area contributed by atoms with E-state index in [1.165, 1.54) is 12.1 Å². The van der Waals surface area contributed by atoms with Crippen LogP contribution >= 0.6 is 0 Å². The summed E-state index contributed by atoms with van der Waals surface area (Å²) in [6.07, 6.45) is -3.64. The summed E-state index contributed by atoms with van der Waals surface area (Å²) < 4.78 is 43.1. The van der Waals surface area contributed by atoms with Gasteiger partial charge in [-0.05, 0) is 92.6 Å². The van der Waals surface area contributed by atoms with Gasteiger partial charge in [-0.1, -0.05) is 42.5 Å². The van der Waals surface area contributed by atoms with Crippen molar-refractivity contribution in [1.82, 2.24) is 14.4 Å². The lowest BCUT2D eigenvalue weighted by atomic mass is 9.94. The minimum Gasteiger partial charge on any atom is -0.340 e. The maximum absolute atomic E-state index is 14.0. The molecule has 4 aromatic rings. The Morgan fingerprint density at radius 1 is 0.837 bits per heavy atom. The van der Waals surface area contributed by atoms with Gasteiger partial charge in [0.1, 0.15) is 5.69 Å². The average Bonchev–Trinajstić information content (AvgIpc) is 3.28. The van der Waals surface area contributed by atoms with Crippen molar-refractivity contribution in [2.45, 2.75) is 32.6 Å². The number of aryl methyl sites for hydroxylation is 1. The Morgan fingerprint density at radius 2 is 1.56 bits per heavy atom. The summed E-state index contributed by atoms with van der Waals surface area (Å²) in [5.41, 5.74) is 3.74. The van der Waals surface area contributed by atoms with E-state index in [9.17, 15) is 22.8 Å². The molecule has 9 heteroatoms. The number of alkyl halides is 3. The molecule has 0 fully saturated rings. The van der Waals surface area contributed by atoms with Gasteiger partial charge in [0.2, 0.25) is 0 Å². The highest BCUT2D eigenvalue weighted by Gasteiger charge is 2.34. The summed E-state index contributed by atoms with van der Waals surface area (Å²) in [6.45, 7) is 3.89. The first kappa shape index (κ1) is 30.1. The number of hydrogen-bond acceptors (Lipinski definition) is 3. The monoisotopic (exact) mass is 588 g/mol. The number of rotatable bonds is 7. The molecule has 6 nitrogen and oxygen atoms in total. The zero-order valence-electron chi connectivity index (χ0n) is 24.8. The van der Waals surface area contributed by atoms with E-state index in [4.69, 9.17) is 0 Å². The first-order valence-electron chi connectivity index (χ1n) is 14.2. The maximum atomic E-state index is 14.0. The number of anilines is 1. The first-order chi connectivity index (χ1) is 20.5. The van der Waals surface area contributed by atoms with Crippen LogP contribution in [0.1, 0.15) is 49.7 Å². The van der Waals surface area contributed by atoms with E-state index in [2.05, 4.69) is 4.90 Å². The van der Waals surface area contributed by atoms with Gasteiger partial charge < -0.3 is 19.3 Å². The lowest BCUT2D eigenvalue weighted by Gasteiger charge is -2.23. The van der Waals surface area contributed by atoms with E-state index >= 15 is 0 Å². The van der Waals surface area contributed by atoms with Gasteiger partial charge in [-0.25, -0.2) is 0 Å². The Kier molecular flexibility index (Phi) is 8.46. The van der Waals surface area contributed by atoms with Crippen LogP contribution in [-0.4, -0.2) is 60.4 Å². The van der Waals surface area contributed by atoms with Crippen molar-refractivity contribution in [2.75, 3.05) is 39.1 Å². The molecular formula is C34H35F3N4O2. The number of para-hydroxylation sites is 1. The zero-order chi connectivity index (χ0) is 30.9. The maximum Gasteiger partial charge on any atom is 0.417 e. The third kappa shape index (κ3) is 6.22. The Hall–Kier alpha value is -4.37. The molecule has 0 bridgehead atoms. The lowest BCUT2D eigenvalue weighted by Crippen LogP contribution is -2.32. The third-order valence-electron chi connectivity index (χ3n) is 7.91. The first-order valence-corrected chi connectivity index (χ1v) is 14.2. The van der Waals surface area contributed by atoms with E-state index in [-0.39, 0.29) is 23.9 Å². The highest BCUT2D eigenvalue weighted by atomic mass is 19.4. The second kappa shape index (κ2) is 12.1. The van der Waals surface area contributed by atoms with Crippen LogP contribution in [0.15, 0.2) is 78.9 Å². The predicted octanol–water partition coefficient (Wildman–Crippen LogP) is 6.71. The minimum absolute atomic E-state index is 0.0763. The normalized spacial score (nSPS) is 13.0. The van der Waals surface area contributed by atoms with Crippen molar-refractivity contribution in [2.24, 2.45) is 0 Å². The zero-order valence-corrected chi connectivity index (χ0v) is 24.8. The van der Waals surface area contributed by atoms with Crippen molar-refractivity contribution in [1.29, 1.82) is 0 Å². The van der Waals surface area contributed by atoms with Gasteiger partial charge in [0, 0.05) is 30.5 Å². The van der Waals surface area contributed by atoms with Crippen LogP contribution in [0.3, 0.4) is 0 Å². The number of halogens is 3. The number of carbonyl (C=O) groups is 2. The lowest BCUT2D eigenvalue weighted by molar-refractivity contribution is -0.137. The topological polar surface area (TPSA) is 48.8 Å². The molecule has 1 aliphatic rings. The molecule has 2 amide bonds. The standard InChI is InChI=1S/C34H35F3N4O2/c1-23-20-24(14-16-27(23)28-11-6-7-12-29(28)34(35,36)37)32(42)41-22-26-15-17-31(33(43)39(4)19-9-18-38(2)3)40(26)21-25-10-5-8-13-30(25)41/h5-8,10-17,20H,9,18-19,21-22H2,1-4H3. The van der Waals surface area contributed by atoms with Crippen molar-refractivity contribution < 1.29 is 22.8 Å². The van der Waals surface area contributed by atoms with Crippen LogP contribution in [0.5, 0.6) is 0 Å². The van der Waals surface area contributed by atoms with Crippen LogP contribution < -0.4 is 4.90 Å². The number of amides is 2. The molecule has 0 radical (unpaired) electrons. The molecule has 5 rings (SSSR count). The number of hydrogen-bond donors (Lipinski definition) is 0. The highest BCUT2D eigenvalue weighted by Crippen LogP contribution is 2.38. The Labute approximate surface area is 249 Å². The fourth-order valence-corrected chi connectivity index (χ4v) is 5.67. The molecule has 0 atom stereocenters. The molecule has 0 unspecified atom stereocenters. The summed E-state index contributed by atoms with van der Waals surface area (Å²) in [5, 5.41) is 0. The molecule has 1 aromatic heterocycles. The van der Waals surface area contributed by atoms with E-state index in [0.29, 0.717) is 35.5 Å². The SMILES string of the molecule is Cc1cc(C(=O)N2Cc3ccc(C(=O)N(C)CCCN(C)C)n3Cc3ccccc32)ccc1-c1ccccc1C(F)(F)F. The van der Waals surface area contributed by atoms with Gasteiger partial charge in [0.05, 0.1) is 18.7 Å². The molecule has 224 valence electrons. The molecule has 0 aliphatic carbocycles. The van der Waals surface area contributed by atoms with Crippen LogP contribution in [0.2, 0.25) is 0 Å². The van der Waals surface area contributed by atoms with Crippen LogP contribution in [0.4, 0.5) is 18.9 Å². The summed E-state index contributed by atoms with van der Waals surface area (Å²) >= 11 is 0. The molecule has 43 heavy (non-hydrogen) atoms. The molecule has 0 saturated carbocycles. The number of benzene rings is 3. The molecule has 0 spiro atoms. The van der Waals surface area contributed by atoms with Crippen LogP contribution in [0.25, 0.3) is 11.1 Å². The van der Waals surface area contributed by atoms with Gasteiger partial charge in [-0.15, -0.1) is 0 Å². The number of fused-ring (bicyclic) bond motifs is 2. The summed E-state index contributed by atoms with van der Waals surface area (Å²) in [4.78, 5) is 33.0. The van der Waals surface area contributed by atoms with Gasteiger partial charge in [-0.3, -0.25) is 9.59 Å². The molecule has 0 N–H and O–H groups in total.